The lowest BCUT2D eigenvalue weighted by Gasteiger charge is -2.13. The fourth-order valence-corrected chi connectivity index (χ4v) is 3.52. The van der Waals surface area contributed by atoms with Crippen molar-refractivity contribution >= 4 is 22.6 Å². The number of fused-ring (bicyclic) bond motifs is 1. The standard InChI is InChI=1S/C19H16ClN3O2/c1-10-16(11(2)25-23-10)14-8-22-19-17(12(9-24)7-21-19)18(14)13-5-3-4-6-15(13)20/h3-8,24H,9H2,1-2H3,(H,21,22). The van der Waals surface area contributed by atoms with E-state index in [0.29, 0.717) is 16.4 Å². The molecule has 0 amide bonds. The Morgan fingerprint density at radius 3 is 2.64 bits per heavy atom. The van der Waals surface area contributed by atoms with Gasteiger partial charge in [-0.15, -0.1) is 0 Å². The highest BCUT2D eigenvalue weighted by Crippen LogP contribution is 2.42. The Labute approximate surface area is 149 Å². The smallest absolute Gasteiger partial charge is 0.141 e. The molecule has 4 aromatic rings. The number of aliphatic hydroxyl groups excluding tert-OH is 1. The molecule has 0 atom stereocenters. The molecule has 0 radical (unpaired) electrons. The summed E-state index contributed by atoms with van der Waals surface area (Å²) in [5.74, 6) is 0.716. The molecule has 126 valence electrons. The van der Waals surface area contributed by atoms with Crippen molar-refractivity contribution in [1.29, 1.82) is 0 Å². The van der Waals surface area contributed by atoms with Gasteiger partial charge >= 0.3 is 0 Å². The third-order valence-corrected chi connectivity index (χ3v) is 4.73. The van der Waals surface area contributed by atoms with E-state index in [1.807, 2.05) is 38.1 Å². The molecule has 2 N–H and O–H groups in total. The number of halogens is 1. The number of aliphatic hydroxyl groups is 1. The van der Waals surface area contributed by atoms with Crippen LogP contribution in [-0.2, 0) is 6.61 Å². The largest absolute Gasteiger partial charge is 0.392 e. The molecular weight excluding hydrogens is 338 g/mol. The summed E-state index contributed by atoms with van der Waals surface area (Å²) in [7, 11) is 0. The maximum Gasteiger partial charge on any atom is 0.141 e. The molecular formula is C19H16ClN3O2. The van der Waals surface area contributed by atoms with Crippen molar-refractivity contribution in [2.45, 2.75) is 20.5 Å². The van der Waals surface area contributed by atoms with Gasteiger partial charge in [0.1, 0.15) is 11.4 Å². The number of nitrogens with zero attached hydrogens (tertiary/aromatic N) is 2. The van der Waals surface area contributed by atoms with Gasteiger partial charge in [-0.1, -0.05) is 35.0 Å². The SMILES string of the molecule is Cc1noc(C)c1-c1cnc2[nH]cc(CO)c2c1-c1ccccc1Cl. The molecule has 5 nitrogen and oxygen atoms in total. The molecule has 4 rings (SSSR count). The fourth-order valence-electron chi connectivity index (χ4n) is 3.29. The Kier molecular flexibility index (Phi) is 3.82. The Hall–Kier alpha value is -2.63. The molecule has 6 heteroatoms. The Morgan fingerprint density at radius 1 is 1.16 bits per heavy atom. The molecule has 3 heterocycles. The maximum atomic E-state index is 9.78. The van der Waals surface area contributed by atoms with Crippen LogP contribution in [0.4, 0.5) is 0 Å². The van der Waals surface area contributed by atoms with Crippen LogP contribution in [0.3, 0.4) is 0 Å². The summed E-state index contributed by atoms with van der Waals surface area (Å²) in [4.78, 5) is 7.64. The second-order valence-corrected chi connectivity index (χ2v) is 6.33. The van der Waals surface area contributed by atoms with Gasteiger partial charge < -0.3 is 14.6 Å². The number of aryl methyl sites for hydroxylation is 2. The van der Waals surface area contributed by atoms with Crippen LogP contribution in [0.2, 0.25) is 5.02 Å². The van der Waals surface area contributed by atoms with Crippen molar-refractivity contribution in [3.63, 3.8) is 0 Å². The van der Waals surface area contributed by atoms with Gasteiger partial charge in [0.05, 0.1) is 12.3 Å². The van der Waals surface area contributed by atoms with Gasteiger partial charge in [0.25, 0.3) is 0 Å². The average molecular weight is 354 g/mol. The first-order chi connectivity index (χ1) is 12.1. The van der Waals surface area contributed by atoms with Crippen molar-refractivity contribution in [1.82, 2.24) is 15.1 Å². The normalized spacial score (nSPS) is 11.4. The highest BCUT2D eigenvalue weighted by molar-refractivity contribution is 6.34. The third-order valence-electron chi connectivity index (χ3n) is 4.40. The van der Waals surface area contributed by atoms with Gasteiger partial charge in [0, 0.05) is 50.6 Å². The Balaban J connectivity index is 2.18. The zero-order valence-corrected chi connectivity index (χ0v) is 14.6. The highest BCUT2D eigenvalue weighted by Gasteiger charge is 2.22. The van der Waals surface area contributed by atoms with E-state index >= 15 is 0 Å². The quantitative estimate of drug-likeness (QED) is 0.562. The number of rotatable bonds is 3. The highest BCUT2D eigenvalue weighted by atomic mass is 35.5. The summed E-state index contributed by atoms with van der Waals surface area (Å²) in [5.41, 5.74) is 5.82. The summed E-state index contributed by atoms with van der Waals surface area (Å²) in [5, 5.41) is 15.3. The summed E-state index contributed by atoms with van der Waals surface area (Å²) in [6.45, 7) is 3.68. The topological polar surface area (TPSA) is 74.9 Å². The third kappa shape index (κ3) is 2.44. The molecule has 0 aliphatic carbocycles. The first kappa shape index (κ1) is 15.9. The summed E-state index contributed by atoms with van der Waals surface area (Å²) in [6.07, 6.45) is 3.57. The van der Waals surface area contributed by atoms with Crippen LogP contribution in [0.15, 0.2) is 41.2 Å². The lowest BCUT2D eigenvalue weighted by molar-refractivity contribution is 0.283. The van der Waals surface area contributed by atoms with Crippen LogP contribution in [0.25, 0.3) is 33.3 Å². The van der Waals surface area contributed by atoms with E-state index in [1.54, 1.807) is 12.4 Å². The average Bonchev–Trinajstić information content (AvgIpc) is 3.18. The minimum Gasteiger partial charge on any atom is -0.392 e. The molecule has 0 spiro atoms. The second kappa shape index (κ2) is 6.02. The van der Waals surface area contributed by atoms with Crippen LogP contribution in [0.5, 0.6) is 0 Å². The van der Waals surface area contributed by atoms with E-state index in [0.717, 1.165) is 38.9 Å². The molecule has 3 aromatic heterocycles. The van der Waals surface area contributed by atoms with Gasteiger partial charge in [-0.3, -0.25) is 0 Å². The first-order valence-electron chi connectivity index (χ1n) is 7.89. The van der Waals surface area contributed by atoms with Crippen LogP contribution < -0.4 is 0 Å². The zero-order chi connectivity index (χ0) is 17.6. The van der Waals surface area contributed by atoms with Crippen molar-refractivity contribution in [2.75, 3.05) is 0 Å². The van der Waals surface area contributed by atoms with Crippen molar-refractivity contribution in [3.8, 4) is 22.3 Å². The van der Waals surface area contributed by atoms with E-state index in [2.05, 4.69) is 15.1 Å². The van der Waals surface area contributed by atoms with Crippen molar-refractivity contribution < 1.29 is 9.63 Å². The first-order valence-corrected chi connectivity index (χ1v) is 8.27. The van der Waals surface area contributed by atoms with Crippen LogP contribution in [0.1, 0.15) is 17.0 Å². The lowest BCUT2D eigenvalue weighted by Crippen LogP contribution is -1.94. The number of aromatic nitrogens is 3. The van der Waals surface area contributed by atoms with Crippen LogP contribution in [0, 0.1) is 13.8 Å². The predicted molar refractivity (Wildman–Crippen MR) is 97.4 cm³/mol. The Morgan fingerprint density at radius 2 is 1.96 bits per heavy atom. The molecule has 0 saturated carbocycles. The number of H-pyrrole nitrogens is 1. The maximum absolute atomic E-state index is 9.78. The number of pyridine rings is 1. The molecule has 0 fully saturated rings. The van der Waals surface area contributed by atoms with Gasteiger partial charge in [0.2, 0.25) is 0 Å². The molecule has 1 aromatic carbocycles. The molecule has 0 saturated heterocycles. The zero-order valence-electron chi connectivity index (χ0n) is 13.8. The van der Waals surface area contributed by atoms with E-state index < -0.39 is 0 Å². The number of nitrogens with one attached hydrogen (secondary N) is 1. The van der Waals surface area contributed by atoms with Crippen molar-refractivity contribution in [3.05, 3.63) is 58.7 Å². The lowest BCUT2D eigenvalue weighted by atomic mass is 9.92. The number of hydrogen-bond donors (Lipinski definition) is 2. The van der Waals surface area contributed by atoms with E-state index in [-0.39, 0.29) is 6.61 Å². The minimum absolute atomic E-state index is 0.0931. The fraction of sp³-hybridized carbons (Fsp3) is 0.158. The minimum atomic E-state index is -0.0931. The van der Waals surface area contributed by atoms with Gasteiger partial charge in [-0.25, -0.2) is 4.98 Å². The number of hydrogen-bond acceptors (Lipinski definition) is 4. The van der Waals surface area contributed by atoms with E-state index in [1.165, 1.54) is 0 Å². The van der Waals surface area contributed by atoms with Gasteiger partial charge in [-0.05, 0) is 19.9 Å². The molecule has 0 aliphatic rings. The molecule has 0 bridgehead atoms. The summed E-state index contributed by atoms with van der Waals surface area (Å²) in [6, 6.07) is 7.65. The molecule has 0 aliphatic heterocycles. The van der Waals surface area contributed by atoms with Gasteiger partial charge in [0.15, 0.2) is 0 Å². The second-order valence-electron chi connectivity index (χ2n) is 5.92. The summed E-state index contributed by atoms with van der Waals surface area (Å²) < 4.78 is 5.35. The predicted octanol–water partition coefficient (Wildman–Crippen LogP) is 4.65. The van der Waals surface area contributed by atoms with Gasteiger partial charge in [-0.2, -0.15) is 0 Å². The number of benzene rings is 1. The van der Waals surface area contributed by atoms with Crippen molar-refractivity contribution in [2.24, 2.45) is 0 Å². The van der Waals surface area contributed by atoms with Crippen LogP contribution in [-0.4, -0.2) is 20.2 Å². The number of aromatic amines is 1. The molecule has 0 unspecified atom stereocenters. The Bertz CT molecular complexity index is 1060. The van der Waals surface area contributed by atoms with E-state index in [4.69, 9.17) is 16.1 Å². The monoisotopic (exact) mass is 353 g/mol. The van der Waals surface area contributed by atoms with Crippen LogP contribution >= 0.6 is 11.6 Å². The molecule has 25 heavy (non-hydrogen) atoms. The summed E-state index contributed by atoms with van der Waals surface area (Å²) >= 11 is 6.50. The van der Waals surface area contributed by atoms with E-state index in [9.17, 15) is 5.11 Å².